The van der Waals surface area contributed by atoms with Crippen LogP contribution in [0.2, 0.25) is 0 Å². The minimum atomic E-state index is -0.266. The predicted molar refractivity (Wildman–Crippen MR) is 98.8 cm³/mol. The minimum Gasteiger partial charge on any atom is -0.496 e. The van der Waals surface area contributed by atoms with Gasteiger partial charge in [0.1, 0.15) is 5.75 Å². The number of hydrogen-bond acceptors (Lipinski definition) is 4. The third-order valence-electron chi connectivity index (χ3n) is 4.36. The van der Waals surface area contributed by atoms with Crippen molar-refractivity contribution in [1.29, 1.82) is 0 Å². The lowest BCUT2D eigenvalue weighted by Gasteiger charge is -2.27. The van der Waals surface area contributed by atoms with Gasteiger partial charge in [0.25, 0.3) is 11.8 Å². The Balaban J connectivity index is 1.80. The molecular formula is C20H22N2O4. The molecule has 0 saturated carbocycles. The van der Waals surface area contributed by atoms with Gasteiger partial charge in [-0.25, -0.2) is 0 Å². The molecule has 3 rings (SSSR count). The molecule has 0 aromatic heterocycles. The average Bonchev–Trinajstić information content (AvgIpc) is 2.68. The van der Waals surface area contributed by atoms with Crippen molar-refractivity contribution in [3.63, 3.8) is 0 Å². The summed E-state index contributed by atoms with van der Waals surface area (Å²) in [5.41, 5.74) is 2.37. The van der Waals surface area contributed by atoms with Crippen molar-refractivity contribution in [2.45, 2.75) is 6.92 Å². The first kappa shape index (κ1) is 17.9. The SMILES string of the molecule is COc1ccc(C(=O)Nc2ccccc2C(=O)N2CCOCC2)cc1C. The van der Waals surface area contributed by atoms with Crippen LogP contribution in [0.4, 0.5) is 5.69 Å². The number of carbonyl (C=O) groups is 2. The van der Waals surface area contributed by atoms with E-state index in [1.54, 1.807) is 54.5 Å². The van der Waals surface area contributed by atoms with Gasteiger partial charge < -0.3 is 19.7 Å². The average molecular weight is 354 g/mol. The Labute approximate surface area is 152 Å². The second-order valence-electron chi connectivity index (χ2n) is 6.09. The molecule has 6 nitrogen and oxygen atoms in total. The van der Waals surface area contributed by atoms with E-state index in [9.17, 15) is 9.59 Å². The molecule has 0 unspecified atom stereocenters. The fraction of sp³-hybridized carbons (Fsp3) is 0.300. The second kappa shape index (κ2) is 8.01. The Morgan fingerprint density at radius 3 is 2.54 bits per heavy atom. The number of carbonyl (C=O) groups excluding carboxylic acids is 2. The van der Waals surface area contributed by atoms with E-state index in [1.165, 1.54) is 0 Å². The topological polar surface area (TPSA) is 67.9 Å². The first-order valence-electron chi connectivity index (χ1n) is 8.52. The molecule has 2 amide bonds. The van der Waals surface area contributed by atoms with Crippen LogP contribution in [0.5, 0.6) is 5.75 Å². The molecule has 1 heterocycles. The zero-order valence-corrected chi connectivity index (χ0v) is 15.0. The van der Waals surface area contributed by atoms with Crippen LogP contribution in [-0.2, 0) is 4.74 Å². The Hall–Kier alpha value is -2.86. The van der Waals surface area contributed by atoms with Crippen LogP contribution in [0, 0.1) is 6.92 Å². The van der Waals surface area contributed by atoms with Crippen molar-refractivity contribution in [2.75, 3.05) is 38.7 Å². The molecule has 1 N–H and O–H groups in total. The maximum Gasteiger partial charge on any atom is 0.256 e. The van der Waals surface area contributed by atoms with Gasteiger partial charge in [0.05, 0.1) is 31.6 Å². The van der Waals surface area contributed by atoms with Crippen LogP contribution in [0.3, 0.4) is 0 Å². The van der Waals surface area contributed by atoms with Crippen molar-refractivity contribution >= 4 is 17.5 Å². The van der Waals surface area contributed by atoms with Gasteiger partial charge in [-0.15, -0.1) is 0 Å². The molecule has 1 aliphatic heterocycles. The summed E-state index contributed by atoms with van der Waals surface area (Å²) in [5, 5.41) is 2.85. The molecule has 1 aliphatic rings. The summed E-state index contributed by atoms with van der Waals surface area (Å²) in [7, 11) is 1.59. The molecule has 0 radical (unpaired) electrons. The molecule has 0 spiro atoms. The number of anilines is 1. The second-order valence-corrected chi connectivity index (χ2v) is 6.09. The van der Waals surface area contributed by atoms with E-state index in [0.717, 1.165) is 11.3 Å². The summed E-state index contributed by atoms with van der Waals surface area (Å²) >= 11 is 0. The Morgan fingerprint density at radius 2 is 1.85 bits per heavy atom. The van der Waals surface area contributed by atoms with Crippen molar-refractivity contribution in [2.24, 2.45) is 0 Å². The summed E-state index contributed by atoms with van der Waals surface area (Å²) < 4.78 is 10.5. The van der Waals surface area contributed by atoms with E-state index in [-0.39, 0.29) is 11.8 Å². The largest absolute Gasteiger partial charge is 0.496 e. The quantitative estimate of drug-likeness (QED) is 0.917. The highest BCUT2D eigenvalue weighted by Crippen LogP contribution is 2.22. The van der Waals surface area contributed by atoms with Crippen molar-refractivity contribution in [1.82, 2.24) is 4.90 Å². The Bertz CT molecular complexity index is 813. The van der Waals surface area contributed by atoms with Gasteiger partial charge in [-0.3, -0.25) is 9.59 Å². The first-order valence-corrected chi connectivity index (χ1v) is 8.52. The van der Waals surface area contributed by atoms with Crippen LogP contribution < -0.4 is 10.1 Å². The number of nitrogens with zero attached hydrogens (tertiary/aromatic N) is 1. The molecule has 0 aliphatic carbocycles. The summed E-state index contributed by atoms with van der Waals surface area (Å²) in [4.78, 5) is 27.1. The minimum absolute atomic E-state index is 0.102. The number of morpholine rings is 1. The van der Waals surface area contributed by atoms with Crippen LogP contribution >= 0.6 is 0 Å². The van der Waals surface area contributed by atoms with Gasteiger partial charge in [0.15, 0.2) is 0 Å². The van der Waals surface area contributed by atoms with Gasteiger partial charge in [-0.2, -0.15) is 0 Å². The molecule has 2 aromatic carbocycles. The maximum atomic E-state index is 12.8. The highest BCUT2D eigenvalue weighted by Gasteiger charge is 2.21. The summed E-state index contributed by atoms with van der Waals surface area (Å²) in [5.74, 6) is 0.359. The molecular weight excluding hydrogens is 332 g/mol. The van der Waals surface area contributed by atoms with Crippen LogP contribution in [0.15, 0.2) is 42.5 Å². The van der Waals surface area contributed by atoms with E-state index in [1.807, 2.05) is 6.92 Å². The number of aryl methyl sites for hydroxylation is 1. The standard InChI is InChI=1S/C20H22N2O4/c1-14-13-15(7-8-18(14)25-2)19(23)21-17-6-4-3-5-16(17)20(24)22-9-11-26-12-10-22/h3-8,13H,9-12H2,1-2H3,(H,21,23). The fourth-order valence-corrected chi connectivity index (χ4v) is 2.93. The highest BCUT2D eigenvalue weighted by molar-refractivity contribution is 6.09. The number of methoxy groups -OCH3 is 1. The van der Waals surface area contributed by atoms with Gasteiger partial charge in [-0.1, -0.05) is 12.1 Å². The molecule has 1 fully saturated rings. The highest BCUT2D eigenvalue weighted by atomic mass is 16.5. The number of hydrogen-bond donors (Lipinski definition) is 1. The number of ether oxygens (including phenoxy) is 2. The zero-order valence-electron chi connectivity index (χ0n) is 15.0. The monoisotopic (exact) mass is 354 g/mol. The van der Waals surface area contributed by atoms with Gasteiger partial charge >= 0.3 is 0 Å². The van der Waals surface area contributed by atoms with E-state index in [2.05, 4.69) is 5.32 Å². The number of amides is 2. The van der Waals surface area contributed by atoms with E-state index in [0.29, 0.717) is 43.1 Å². The number of nitrogens with one attached hydrogen (secondary N) is 1. The number of rotatable bonds is 4. The van der Waals surface area contributed by atoms with Crippen molar-refractivity contribution in [3.05, 3.63) is 59.2 Å². The van der Waals surface area contributed by atoms with E-state index >= 15 is 0 Å². The first-order chi connectivity index (χ1) is 12.6. The lowest BCUT2D eigenvalue weighted by Crippen LogP contribution is -2.41. The molecule has 0 bridgehead atoms. The van der Waals surface area contributed by atoms with Crippen LogP contribution in [-0.4, -0.2) is 50.1 Å². The van der Waals surface area contributed by atoms with Crippen LogP contribution in [0.25, 0.3) is 0 Å². The number of para-hydroxylation sites is 1. The molecule has 136 valence electrons. The van der Waals surface area contributed by atoms with Crippen molar-refractivity contribution < 1.29 is 19.1 Å². The maximum absolute atomic E-state index is 12.8. The summed E-state index contributed by atoms with van der Waals surface area (Å²) in [6, 6.07) is 12.3. The molecule has 0 atom stereocenters. The molecule has 2 aromatic rings. The molecule has 6 heteroatoms. The van der Waals surface area contributed by atoms with Gasteiger partial charge in [0.2, 0.25) is 0 Å². The van der Waals surface area contributed by atoms with Crippen LogP contribution in [0.1, 0.15) is 26.3 Å². The third-order valence-corrected chi connectivity index (χ3v) is 4.36. The number of benzene rings is 2. The van der Waals surface area contributed by atoms with Gasteiger partial charge in [0, 0.05) is 18.7 Å². The smallest absolute Gasteiger partial charge is 0.256 e. The van der Waals surface area contributed by atoms with E-state index < -0.39 is 0 Å². The van der Waals surface area contributed by atoms with Crippen molar-refractivity contribution in [3.8, 4) is 5.75 Å². The fourth-order valence-electron chi connectivity index (χ4n) is 2.93. The normalized spacial score (nSPS) is 14.0. The zero-order chi connectivity index (χ0) is 18.5. The summed E-state index contributed by atoms with van der Waals surface area (Å²) in [6.45, 7) is 4.06. The lowest BCUT2D eigenvalue weighted by atomic mass is 10.1. The predicted octanol–water partition coefficient (Wildman–Crippen LogP) is 2.73. The van der Waals surface area contributed by atoms with E-state index in [4.69, 9.17) is 9.47 Å². The Kier molecular flexibility index (Phi) is 5.53. The third kappa shape index (κ3) is 3.86. The van der Waals surface area contributed by atoms with Gasteiger partial charge in [-0.05, 0) is 42.8 Å². The molecule has 1 saturated heterocycles. The Morgan fingerprint density at radius 1 is 1.12 bits per heavy atom. The lowest BCUT2D eigenvalue weighted by molar-refractivity contribution is 0.0303. The molecule has 26 heavy (non-hydrogen) atoms. The summed E-state index contributed by atoms with van der Waals surface area (Å²) in [6.07, 6.45) is 0.